The van der Waals surface area contributed by atoms with Crippen molar-refractivity contribution in [3.63, 3.8) is 0 Å². The molecular formula is C24H24ClN3O3. The number of fused-ring (bicyclic) bond motifs is 1. The van der Waals surface area contributed by atoms with Gasteiger partial charge in [0.2, 0.25) is 11.8 Å². The minimum atomic E-state index is -0.669. The Balaban J connectivity index is 1.26. The summed E-state index contributed by atoms with van der Waals surface area (Å²) >= 11 is 6.00. The van der Waals surface area contributed by atoms with Gasteiger partial charge in [0, 0.05) is 16.6 Å². The number of nitrogens with one attached hydrogen (secondary N) is 2. The highest BCUT2D eigenvalue weighted by atomic mass is 35.5. The Morgan fingerprint density at radius 2 is 1.77 bits per heavy atom. The molecular weight excluding hydrogens is 414 g/mol. The largest absolute Gasteiger partial charge is 0.345 e. The zero-order chi connectivity index (χ0) is 21.6. The topological polar surface area (TPSA) is 78.5 Å². The first-order valence-corrected chi connectivity index (χ1v) is 11.1. The molecule has 3 aliphatic rings. The number of benzene rings is 2. The number of hydrogen-bond acceptors (Lipinski definition) is 3. The molecule has 3 amide bonds. The molecule has 0 aromatic heterocycles. The predicted octanol–water partition coefficient (Wildman–Crippen LogP) is 3.31. The average molecular weight is 438 g/mol. The fourth-order valence-electron chi connectivity index (χ4n) is 4.69. The van der Waals surface area contributed by atoms with Crippen molar-refractivity contribution in [2.45, 2.75) is 49.7 Å². The fourth-order valence-corrected chi connectivity index (χ4v) is 4.82. The molecule has 0 saturated heterocycles. The van der Waals surface area contributed by atoms with Crippen molar-refractivity contribution >= 4 is 29.3 Å². The molecule has 2 aromatic carbocycles. The first-order chi connectivity index (χ1) is 15.0. The van der Waals surface area contributed by atoms with E-state index in [9.17, 15) is 14.4 Å². The van der Waals surface area contributed by atoms with E-state index in [1.54, 1.807) is 11.0 Å². The summed E-state index contributed by atoms with van der Waals surface area (Å²) in [5.41, 5.74) is 1.92. The van der Waals surface area contributed by atoms with Gasteiger partial charge < -0.3 is 15.5 Å². The molecule has 0 bridgehead atoms. The lowest BCUT2D eigenvalue weighted by Gasteiger charge is -2.43. The summed E-state index contributed by atoms with van der Waals surface area (Å²) in [5, 5.41) is 6.53. The zero-order valence-electron chi connectivity index (χ0n) is 17.1. The Morgan fingerprint density at radius 3 is 2.42 bits per heavy atom. The van der Waals surface area contributed by atoms with Crippen molar-refractivity contribution in [2.75, 3.05) is 6.54 Å². The molecule has 2 aliphatic carbocycles. The molecule has 1 atom stereocenters. The summed E-state index contributed by atoms with van der Waals surface area (Å²) in [6.45, 7) is -0.125. The second-order valence-corrected chi connectivity index (χ2v) is 9.08. The van der Waals surface area contributed by atoms with Gasteiger partial charge in [-0.3, -0.25) is 14.4 Å². The Morgan fingerprint density at radius 1 is 1.06 bits per heavy atom. The first kappa shape index (κ1) is 20.1. The van der Waals surface area contributed by atoms with Crippen molar-refractivity contribution in [3.05, 3.63) is 70.2 Å². The normalized spacial score (nSPS) is 21.3. The molecule has 2 aromatic rings. The number of hydrogen-bond donors (Lipinski definition) is 2. The van der Waals surface area contributed by atoms with E-state index in [1.807, 2.05) is 42.5 Å². The molecule has 6 nitrogen and oxygen atoms in total. The Hall–Kier alpha value is -2.86. The van der Waals surface area contributed by atoms with Crippen LogP contribution in [0.3, 0.4) is 0 Å². The van der Waals surface area contributed by atoms with Gasteiger partial charge in [-0.2, -0.15) is 0 Å². The van der Waals surface area contributed by atoms with Gasteiger partial charge in [-0.1, -0.05) is 41.9 Å². The number of amides is 3. The lowest BCUT2D eigenvalue weighted by Crippen LogP contribution is -2.53. The maximum Gasteiger partial charge on any atom is 0.255 e. The number of halogens is 1. The van der Waals surface area contributed by atoms with E-state index in [2.05, 4.69) is 10.6 Å². The molecule has 160 valence electrons. The SMILES string of the molecule is O=C(CNC(=O)C1c2ccccc2C(=O)N1C1CC1)NC1(c2ccc(Cl)cc2)CCC1. The standard InChI is InChI=1S/C24H24ClN3O3/c25-16-8-6-15(7-9-16)24(12-3-13-24)27-20(29)14-26-22(30)21-18-4-1-2-5-19(18)23(31)28(21)17-10-11-17/h1-2,4-9,17,21H,3,10-14H2,(H,26,30)(H,27,29). The third kappa shape index (κ3) is 3.59. The van der Waals surface area contributed by atoms with Gasteiger partial charge in [-0.25, -0.2) is 0 Å². The summed E-state index contributed by atoms with van der Waals surface area (Å²) in [6, 6.07) is 14.2. The van der Waals surface area contributed by atoms with Gasteiger partial charge in [0.25, 0.3) is 5.91 Å². The number of rotatable bonds is 6. The predicted molar refractivity (Wildman–Crippen MR) is 117 cm³/mol. The van der Waals surface area contributed by atoms with Crippen LogP contribution in [0, 0.1) is 0 Å². The van der Waals surface area contributed by atoms with Crippen LogP contribution in [0.4, 0.5) is 0 Å². The molecule has 0 spiro atoms. The van der Waals surface area contributed by atoms with Crippen LogP contribution in [0.2, 0.25) is 5.02 Å². The van der Waals surface area contributed by atoms with Crippen LogP contribution in [-0.4, -0.2) is 35.2 Å². The molecule has 1 heterocycles. The van der Waals surface area contributed by atoms with E-state index in [1.165, 1.54) is 0 Å². The van der Waals surface area contributed by atoms with Crippen molar-refractivity contribution in [1.29, 1.82) is 0 Å². The van der Waals surface area contributed by atoms with Crippen LogP contribution in [0.15, 0.2) is 48.5 Å². The summed E-state index contributed by atoms with van der Waals surface area (Å²) in [5.74, 6) is -0.646. The van der Waals surface area contributed by atoms with Crippen molar-refractivity contribution in [1.82, 2.24) is 15.5 Å². The Kier molecular flexibility index (Phi) is 4.97. The van der Waals surface area contributed by atoms with Gasteiger partial charge in [0.15, 0.2) is 0 Å². The number of carbonyl (C=O) groups is 3. The molecule has 1 aliphatic heterocycles. The van der Waals surface area contributed by atoms with Crippen molar-refractivity contribution in [2.24, 2.45) is 0 Å². The second kappa shape index (κ2) is 7.68. The Labute approximate surface area is 185 Å². The van der Waals surface area contributed by atoms with E-state index in [4.69, 9.17) is 11.6 Å². The van der Waals surface area contributed by atoms with E-state index in [-0.39, 0.29) is 30.3 Å². The fraction of sp³-hybridized carbons (Fsp3) is 0.375. The van der Waals surface area contributed by atoms with Gasteiger partial charge in [-0.15, -0.1) is 0 Å². The lowest BCUT2D eigenvalue weighted by atomic mass is 9.72. The monoisotopic (exact) mass is 437 g/mol. The second-order valence-electron chi connectivity index (χ2n) is 8.64. The van der Waals surface area contributed by atoms with Crippen LogP contribution in [-0.2, 0) is 15.1 Å². The minimum absolute atomic E-state index is 0.0983. The molecule has 2 fully saturated rings. The molecule has 2 saturated carbocycles. The van der Waals surface area contributed by atoms with Crippen LogP contribution >= 0.6 is 11.6 Å². The summed E-state index contributed by atoms with van der Waals surface area (Å²) in [6.07, 6.45) is 4.57. The maximum atomic E-state index is 13.1. The summed E-state index contributed by atoms with van der Waals surface area (Å²) < 4.78 is 0. The average Bonchev–Trinajstić information content (AvgIpc) is 3.54. The van der Waals surface area contributed by atoms with Gasteiger partial charge in [-0.05, 0) is 61.4 Å². The van der Waals surface area contributed by atoms with Crippen molar-refractivity contribution < 1.29 is 14.4 Å². The molecule has 5 rings (SSSR count). The Bertz CT molecular complexity index is 1040. The maximum absolute atomic E-state index is 13.1. The van der Waals surface area contributed by atoms with Gasteiger partial charge in [0.1, 0.15) is 6.04 Å². The number of carbonyl (C=O) groups excluding carboxylic acids is 3. The highest BCUT2D eigenvalue weighted by molar-refractivity contribution is 6.30. The molecule has 31 heavy (non-hydrogen) atoms. The van der Waals surface area contributed by atoms with Crippen LogP contribution in [0.5, 0.6) is 0 Å². The first-order valence-electron chi connectivity index (χ1n) is 10.7. The number of nitrogens with zero attached hydrogens (tertiary/aromatic N) is 1. The van der Waals surface area contributed by atoms with Crippen molar-refractivity contribution in [3.8, 4) is 0 Å². The third-order valence-electron chi connectivity index (χ3n) is 6.59. The minimum Gasteiger partial charge on any atom is -0.345 e. The molecule has 7 heteroatoms. The zero-order valence-corrected chi connectivity index (χ0v) is 17.8. The quantitative estimate of drug-likeness (QED) is 0.727. The van der Waals surface area contributed by atoms with Crippen LogP contribution in [0.25, 0.3) is 0 Å². The van der Waals surface area contributed by atoms with Gasteiger partial charge in [0.05, 0.1) is 12.1 Å². The van der Waals surface area contributed by atoms with E-state index in [0.29, 0.717) is 16.1 Å². The van der Waals surface area contributed by atoms with E-state index < -0.39 is 11.6 Å². The summed E-state index contributed by atoms with van der Waals surface area (Å²) in [7, 11) is 0. The third-order valence-corrected chi connectivity index (χ3v) is 6.84. The highest BCUT2D eigenvalue weighted by Gasteiger charge is 2.47. The van der Waals surface area contributed by atoms with Crippen LogP contribution in [0.1, 0.15) is 59.6 Å². The molecule has 1 unspecified atom stereocenters. The lowest BCUT2D eigenvalue weighted by molar-refractivity contribution is -0.130. The summed E-state index contributed by atoms with van der Waals surface area (Å²) in [4.78, 5) is 40.3. The van der Waals surface area contributed by atoms with E-state index >= 15 is 0 Å². The molecule has 0 radical (unpaired) electrons. The van der Waals surface area contributed by atoms with E-state index in [0.717, 1.165) is 37.7 Å². The highest BCUT2D eigenvalue weighted by Crippen LogP contribution is 2.42. The van der Waals surface area contributed by atoms with Crippen LogP contribution < -0.4 is 10.6 Å². The molecule has 2 N–H and O–H groups in total. The smallest absolute Gasteiger partial charge is 0.255 e. The van der Waals surface area contributed by atoms with Gasteiger partial charge >= 0.3 is 0 Å².